The van der Waals surface area contributed by atoms with Crippen LogP contribution in [0.3, 0.4) is 0 Å². The van der Waals surface area contributed by atoms with Crippen LogP contribution in [-0.2, 0) is 13.2 Å². The number of hydrogen-bond donors (Lipinski definition) is 1. The van der Waals surface area contributed by atoms with Crippen LogP contribution in [0.1, 0.15) is 17.6 Å². The van der Waals surface area contributed by atoms with E-state index in [0.29, 0.717) is 12.4 Å². The molecule has 1 heterocycles. The first-order valence-corrected chi connectivity index (χ1v) is 7.58. The van der Waals surface area contributed by atoms with E-state index < -0.39 is 0 Å². The molecule has 1 aromatic heterocycles. The average Bonchev–Trinajstić information content (AvgIpc) is 2.85. The molecule has 0 bridgehead atoms. The number of thiazole rings is 1. The molecule has 3 nitrogen and oxygen atoms in total. The molecule has 2 aromatic rings. The van der Waals surface area contributed by atoms with E-state index in [1.165, 1.54) is 12.1 Å². The Morgan fingerprint density at radius 1 is 1.47 bits per heavy atom. The highest BCUT2D eigenvalue weighted by Crippen LogP contribution is 2.26. The fourth-order valence-electron chi connectivity index (χ4n) is 1.47. The van der Waals surface area contributed by atoms with E-state index >= 15 is 0 Å². The molecule has 0 atom stereocenters. The molecule has 6 heteroatoms. The Morgan fingerprint density at radius 2 is 2.32 bits per heavy atom. The number of ether oxygens (including phenoxy) is 1. The van der Waals surface area contributed by atoms with Crippen LogP contribution in [-0.4, -0.2) is 11.5 Å². The number of nitrogens with one attached hydrogen (secondary N) is 1. The van der Waals surface area contributed by atoms with Crippen molar-refractivity contribution in [2.75, 3.05) is 6.54 Å². The van der Waals surface area contributed by atoms with Gasteiger partial charge in [-0.25, -0.2) is 9.37 Å². The summed E-state index contributed by atoms with van der Waals surface area (Å²) in [5.41, 5.74) is 0.856. The summed E-state index contributed by atoms with van der Waals surface area (Å²) in [4.78, 5) is 4.44. The smallest absolute Gasteiger partial charge is 0.136 e. The van der Waals surface area contributed by atoms with E-state index in [9.17, 15) is 4.39 Å². The number of benzene rings is 1. The molecule has 2 rings (SSSR count). The molecule has 0 saturated carbocycles. The Labute approximate surface area is 124 Å². The SMILES string of the molecule is CCNCc1nc(COc2cc(F)ccc2Br)cs1. The van der Waals surface area contributed by atoms with Crippen LogP contribution < -0.4 is 10.1 Å². The molecule has 0 aliphatic carbocycles. The fraction of sp³-hybridized carbons (Fsp3) is 0.308. The number of nitrogens with zero attached hydrogens (tertiary/aromatic N) is 1. The molecular formula is C13H14BrFN2OS. The van der Waals surface area contributed by atoms with Crippen LogP contribution in [0.4, 0.5) is 4.39 Å². The predicted octanol–water partition coefficient (Wildman–Crippen LogP) is 3.73. The molecule has 0 amide bonds. The Bertz CT molecular complexity index is 547. The second-order valence-electron chi connectivity index (χ2n) is 3.88. The minimum absolute atomic E-state index is 0.315. The fourth-order valence-corrected chi connectivity index (χ4v) is 2.58. The van der Waals surface area contributed by atoms with Gasteiger partial charge in [-0.05, 0) is 34.6 Å². The van der Waals surface area contributed by atoms with Crippen molar-refractivity contribution < 1.29 is 9.13 Å². The Hall–Kier alpha value is -0.980. The first-order chi connectivity index (χ1) is 9.19. The van der Waals surface area contributed by atoms with Crippen molar-refractivity contribution in [3.63, 3.8) is 0 Å². The second-order valence-corrected chi connectivity index (χ2v) is 5.67. The zero-order chi connectivity index (χ0) is 13.7. The molecule has 1 N–H and O–H groups in total. The molecule has 0 spiro atoms. The summed E-state index contributed by atoms with van der Waals surface area (Å²) in [6, 6.07) is 4.37. The predicted molar refractivity (Wildman–Crippen MR) is 77.9 cm³/mol. The van der Waals surface area contributed by atoms with Gasteiger partial charge < -0.3 is 10.1 Å². The quantitative estimate of drug-likeness (QED) is 0.866. The Kier molecular flexibility index (Phi) is 5.30. The van der Waals surface area contributed by atoms with Gasteiger partial charge in [0.2, 0.25) is 0 Å². The molecule has 0 aliphatic rings. The summed E-state index contributed by atoms with van der Waals surface area (Å²) < 4.78 is 19.4. The molecule has 0 unspecified atom stereocenters. The number of rotatable bonds is 6. The van der Waals surface area contributed by atoms with Gasteiger partial charge in [0, 0.05) is 18.0 Å². The van der Waals surface area contributed by atoms with Gasteiger partial charge in [-0.1, -0.05) is 6.92 Å². The molecule has 0 saturated heterocycles. The van der Waals surface area contributed by atoms with E-state index in [4.69, 9.17) is 4.74 Å². The van der Waals surface area contributed by atoms with E-state index in [-0.39, 0.29) is 5.82 Å². The molecule has 19 heavy (non-hydrogen) atoms. The third kappa shape index (κ3) is 4.26. The van der Waals surface area contributed by atoms with Gasteiger partial charge in [0.15, 0.2) is 0 Å². The van der Waals surface area contributed by atoms with Crippen molar-refractivity contribution in [1.29, 1.82) is 0 Å². The highest BCUT2D eigenvalue weighted by Gasteiger charge is 2.06. The van der Waals surface area contributed by atoms with E-state index in [1.807, 2.05) is 5.38 Å². The lowest BCUT2D eigenvalue weighted by molar-refractivity contribution is 0.298. The third-order valence-electron chi connectivity index (χ3n) is 2.39. The van der Waals surface area contributed by atoms with Crippen LogP contribution in [0.15, 0.2) is 28.1 Å². The van der Waals surface area contributed by atoms with Gasteiger partial charge in [-0.15, -0.1) is 11.3 Å². The summed E-state index contributed by atoms with van der Waals surface area (Å²) in [7, 11) is 0. The van der Waals surface area contributed by atoms with Crippen molar-refractivity contribution in [3.8, 4) is 5.75 Å². The van der Waals surface area contributed by atoms with Crippen LogP contribution in [0.5, 0.6) is 5.75 Å². The standard InChI is InChI=1S/C13H14BrFN2OS/c1-2-16-6-13-17-10(8-19-13)7-18-12-5-9(15)3-4-11(12)14/h3-5,8,16H,2,6-7H2,1H3. The number of hydrogen-bond acceptors (Lipinski definition) is 4. The van der Waals surface area contributed by atoms with E-state index in [0.717, 1.165) is 28.3 Å². The maximum absolute atomic E-state index is 13.1. The molecule has 102 valence electrons. The largest absolute Gasteiger partial charge is 0.486 e. The molecule has 1 aromatic carbocycles. The Morgan fingerprint density at radius 3 is 3.11 bits per heavy atom. The summed E-state index contributed by atoms with van der Waals surface area (Å²) >= 11 is 4.92. The van der Waals surface area contributed by atoms with Crippen LogP contribution in [0.25, 0.3) is 0 Å². The lowest BCUT2D eigenvalue weighted by atomic mass is 10.3. The zero-order valence-electron chi connectivity index (χ0n) is 10.5. The van der Waals surface area contributed by atoms with Gasteiger partial charge in [0.05, 0.1) is 10.2 Å². The van der Waals surface area contributed by atoms with Gasteiger partial charge in [-0.2, -0.15) is 0 Å². The minimum atomic E-state index is -0.315. The van der Waals surface area contributed by atoms with Crippen LogP contribution in [0, 0.1) is 5.82 Å². The maximum atomic E-state index is 13.1. The summed E-state index contributed by atoms with van der Waals surface area (Å²) in [5.74, 6) is 0.172. The van der Waals surface area contributed by atoms with Crippen LogP contribution in [0.2, 0.25) is 0 Å². The molecule has 0 fully saturated rings. The van der Waals surface area contributed by atoms with Gasteiger partial charge in [0.1, 0.15) is 23.2 Å². The molecular weight excluding hydrogens is 331 g/mol. The highest BCUT2D eigenvalue weighted by molar-refractivity contribution is 9.10. The maximum Gasteiger partial charge on any atom is 0.136 e. The van der Waals surface area contributed by atoms with E-state index in [2.05, 4.69) is 33.2 Å². The topological polar surface area (TPSA) is 34.2 Å². The Balaban J connectivity index is 1.94. The minimum Gasteiger partial charge on any atom is -0.486 e. The second kappa shape index (κ2) is 6.98. The van der Waals surface area contributed by atoms with Gasteiger partial charge in [0.25, 0.3) is 0 Å². The van der Waals surface area contributed by atoms with Crippen molar-refractivity contribution in [2.45, 2.75) is 20.1 Å². The van der Waals surface area contributed by atoms with Crippen molar-refractivity contribution in [2.24, 2.45) is 0 Å². The lowest BCUT2D eigenvalue weighted by Gasteiger charge is -2.06. The average molecular weight is 345 g/mol. The van der Waals surface area contributed by atoms with Crippen molar-refractivity contribution in [1.82, 2.24) is 10.3 Å². The number of aromatic nitrogens is 1. The third-order valence-corrected chi connectivity index (χ3v) is 3.95. The normalized spacial score (nSPS) is 10.7. The zero-order valence-corrected chi connectivity index (χ0v) is 12.9. The van der Waals surface area contributed by atoms with Crippen LogP contribution >= 0.6 is 27.3 Å². The van der Waals surface area contributed by atoms with Crippen molar-refractivity contribution in [3.05, 3.63) is 44.6 Å². The number of halogens is 2. The molecule has 0 aliphatic heterocycles. The van der Waals surface area contributed by atoms with Crippen molar-refractivity contribution >= 4 is 27.3 Å². The summed E-state index contributed by atoms with van der Waals surface area (Å²) in [6.07, 6.45) is 0. The molecule has 0 radical (unpaired) electrons. The highest BCUT2D eigenvalue weighted by atomic mass is 79.9. The summed E-state index contributed by atoms with van der Waals surface area (Å²) in [6.45, 7) is 4.08. The first-order valence-electron chi connectivity index (χ1n) is 5.91. The van der Waals surface area contributed by atoms with Gasteiger partial charge in [-0.3, -0.25) is 0 Å². The lowest BCUT2D eigenvalue weighted by Crippen LogP contribution is -2.11. The first kappa shape index (κ1) is 14.4. The van der Waals surface area contributed by atoms with E-state index in [1.54, 1.807) is 17.4 Å². The van der Waals surface area contributed by atoms with Gasteiger partial charge >= 0.3 is 0 Å². The summed E-state index contributed by atoms with van der Waals surface area (Å²) in [5, 5.41) is 6.20. The monoisotopic (exact) mass is 344 g/mol.